The molecule has 0 aromatic heterocycles. The van der Waals surface area contributed by atoms with Crippen LogP contribution in [0.4, 0.5) is 5.69 Å². The summed E-state index contributed by atoms with van der Waals surface area (Å²) in [4.78, 5) is 4.48. The van der Waals surface area contributed by atoms with Crippen molar-refractivity contribution in [1.29, 1.82) is 0 Å². The lowest BCUT2D eigenvalue weighted by Gasteiger charge is -2.20. The molecule has 1 aliphatic rings. The number of guanidine groups is 1. The Balaban J connectivity index is 1.49. The van der Waals surface area contributed by atoms with Crippen LogP contribution in [0.3, 0.4) is 0 Å². The third-order valence-corrected chi connectivity index (χ3v) is 3.69. The summed E-state index contributed by atoms with van der Waals surface area (Å²) in [6.07, 6.45) is 0. The van der Waals surface area contributed by atoms with Gasteiger partial charge in [-0.05, 0) is 30.3 Å². The van der Waals surface area contributed by atoms with Gasteiger partial charge in [-0.2, -0.15) is 0 Å². The molecule has 0 aliphatic carbocycles. The molecular weight excluding hydrogens is 306 g/mol. The second kappa shape index (κ2) is 7.59. The minimum absolute atomic E-state index is 0.510. The van der Waals surface area contributed by atoms with E-state index in [9.17, 15) is 0 Å². The molecule has 1 heterocycles. The lowest BCUT2D eigenvalue weighted by Crippen LogP contribution is -2.35. The molecule has 24 heavy (non-hydrogen) atoms. The molecule has 0 fully saturated rings. The molecule has 1 aliphatic heterocycles. The third-order valence-electron chi connectivity index (χ3n) is 3.69. The Kier molecular flexibility index (Phi) is 5.05. The number of ether oxygens (including phenoxy) is 3. The number of fused-ring (bicyclic) bond motifs is 1. The Hall–Kier alpha value is -2.89. The Morgan fingerprint density at radius 2 is 1.92 bits per heavy atom. The van der Waals surface area contributed by atoms with E-state index in [4.69, 9.17) is 14.2 Å². The van der Waals surface area contributed by atoms with E-state index >= 15 is 0 Å². The molecule has 6 heteroatoms. The van der Waals surface area contributed by atoms with Crippen LogP contribution in [-0.4, -0.2) is 33.3 Å². The Morgan fingerprint density at radius 1 is 1.08 bits per heavy atom. The second-order valence-electron chi connectivity index (χ2n) is 5.24. The number of benzene rings is 2. The molecule has 0 radical (unpaired) electrons. The monoisotopic (exact) mass is 327 g/mol. The first-order chi connectivity index (χ1) is 11.8. The number of nitrogens with zero attached hydrogens (tertiary/aromatic N) is 1. The molecular formula is C18H21N3O3. The number of hydrogen-bond donors (Lipinski definition) is 2. The zero-order valence-electron chi connectivity index (χ0n) is 13.8. The van der Waals surface area contributed by atoms with Crippen LogP contribution in [0.2, 0.25) is 0 Å². The van der Waals surface area contributed by atoms with E-state index in [0.717, 1.165) is 34.5 Å². The number of rotatable bonds is 6. The van der Waals surface area contributed by atoms with Crippen LogP contribution in [0.15, 0.2) is 47.5 Å². The van der Waals surface area contributed by atoms with Crippen molar-refractivity contribution >= 4 is 11.6 Å². The SMILES string of the molecule is COc1ccc2c(c1)CN=C(NCCOc1ccccc1OC)N2. The minimum Gasteiger partial charge on any atom is -0.497 e. The maximum Gasteiger partial charge on any atom is 0.196 e. The van der Waals surface area contributed by atoms with E-state index in [0.29, 0.717) is 19.7 Å². The molecule has 0 atom stereocenters. The van der Waals surface area contributed by atoms with Crippen LogP contribution in [0.25, 0.3) is 0 Å². The van der Waals surface area contributed by atoms with Crippen molar-refractivity contribution in [3.05, 3.63) is 48.0 Å². The van der Waals surface area contributed by atoms with Gasteiger partial charge in [-0.15, -0.1) is 0 Å². The summed E-state index contributed by atoms with van der Waals surface area (Å²) in [5.74, 6) is 3.05. The molecule has 2 aromatic rings. The zero-order chi connectivity index (χ0) is 16.8. The highest BCUT2D eigenvalue weighted by atomic mass is 16.5. The minimum atomic E-state index is 0.510. The zero-order valence-corrected chi connectivity index (χ0v) is 13.8. The normalized spacial score (nSPS) is 12.5. The van der Waals surface area contributed by atoms with Gasteiger partial charge in [0.1, 0.15) is 12.4 Å². The van der Waals surface area contributed by atoms with Crippen molar-refractivity contribution < 1.29 is 14.2 Å². The highest BCUT2D eigenvalue weighted by Gasteiger charge is 2.12. The third kappa shape index (κ3) is 3.71. The number of para-hydroxylation sites is 2. The van der Waals surface area contributed by atoms with Crippen molar-refractivity contribution in [2.75, 3.05) is 32.7 Å². The summed E-state index contributed by atoms with van der Waals surface area (Å²) >= 11 is 0. The number of methoxy groups -OCH3 is 2. The molecule has 0 saturated carbocycles. The van der Waals surface area contributed by atoms with Crippen molar-refractivity contribution in [3.8, 4) is 17.2 Å². The van der Waals surface area contributed by atoms with Crippen molar-refractivity contribution in [3.63, 3.8) is 0 Å². The molecule has 0 spiro atoms. The van der Waals surface area contributed by atoms with Crippen LogP contribution in [-0.2, 0) is 6.54 Å². The van der Waals surface area contributed by atoms with Crippen molar-refractivity contribution in [2.24, 2.45) is 4.99 Å². The molecule has 0 saturated heterocycles. The van der Waals surface area contributed by atoms with Gasteiger partial charge in [0, 0.05) is 11.3 Å². The van der Waals surface area contributed by atoms with Crippen LogP contribution in [0.1, 0.15) is 5.56 Å². The van der Waals surface area contributed by atoms with Gasteiger partial charge in [0.2, 0.25) is 0 Å². The second-order valence-corrected chi connectivity index (χ2v) is 5.24. The lowest BCUT2D eigenvalue weighted by molar-refractivity contribution is 0.298. The van der Waals surface area contributed by atoms with Gasteiger partial charge in [-0.3, -0.25) is 0 Å². The summed E-state index contributed by atoms with van der Waals surface area (Å²) < 4.78 is 16.2. The molecule has 126 valence electrons. The fourth-order valence-corrected chi connectivity index (χ4v) is 2.45. The summed E-state index contributed by atoms with van der Waals surface area (Å²) in [7, 11) is 3.30. The van der Waals surface area contributed by atoms with Crippen LogP contribution >= 0.6 is 0 Å². The standard InChI is InChI=1S/C18H21N3O3/c1-22-14-7-8-15-13(11-14)12-20-18(21-15)19-9-10-24-17-6-4-3-5-16(17)23-2/h3-8,11H,9-10,12H2,1-2H3,(H2,19,20,21). The van der Waals surface area contributed by atoms with Crippen LogP contribution in [0, 0.1) is 0 Å². The summed E-state index contributed by atoms with van der Waals surface area (Å²) in [5, 5.41) is 6.51. The van der Waals surface area contributed by atoms with Crippen molar-refractivity contribution in [1.82, 2.24) is 5.32 Å². The van der Waals surface area contributed by atoms with Crippen molar-refractivity contribution in [2.45, 2.75) is 6.54 Å². The Bertz CT molecular complexity index is 731. The van der Waals surface area contributed by atoms with Gasteiger partial charge >= 0.3 is 0 Å². The van der Waals surface area contributed by atoms with Gasteiger partial charge in [-0.1, -0.05) is 12.1 Å². The maximum atomic E-state index is 5.73. The Morgan fingerprint density at radius 3 is 2.71 bits per heavy atom. The molecule has 0 bridgehead atoms. The first kappa shape index (κ1) is 16.0. The Labute approximate surface area is 141 Å². The highest BCUT2D eigenvalue weighted by molar-refractivity contribution is 5.95. The number of anilines is 1. The smallest absolute Gasteiger partial charge is 0.196 e. The fourth-order valence-electron chi connectivity index (χ4n) is 2.45. The van der Waals surface area contributed by atoms with Gasteiger partial charge in [-0.25, -0.2) is 4.99 Å². The maximum absolute atomic E-state index is 5.73. The first-order valence-electron chi connectivity index (χ1n) is 7.78. The van der Waals surface area contributed by atoms with E-state index in [1.165, 1.54) is 0 Å². The topological polar surface area (TPSA) is 64.1 Å². The molecule has 0 unspecified atom stereocenters. The van der Waals surface area contributed by atoms with E-state index in [2.05, 4.69) is 15.6 Å². The van der Waals surface area contributed by atoms with E-state index in [-0.39, 0.29) is 0 Å². The summed E-state index contributed by atoms with van der Waals surface area (Å²) in [6.45, 7) is 1.77. The van der Waals surface area contributed by atoms with Crippen LogP contribution in [0.5, 0.6) is 17.2 Å². The average Bonchev–Trinajstić information content (AvgIpc) is 2.65. The molecule has 2 aromatic carbocycles. The average molecular weight is 327 g/mol. The molecule has 0 amide bonds. The first-order valence-corrected chi connectivity index (χ1v) is 7.78. The summed E-state index contributed by atoms with van der Waals surface area (Å²) in [5.41, 5.74) is 2.16. The summed E-state index contributed by atoms with van der Waals surface area (Å²) in [6, 6.07) is 13.5. The van der Waals surface area contributed by atoms with Crippen LogP contribution < -0.4 is 24.8 Å². The predicted octanol–water partition coefficient (Wildman–Crippen LogP) is 2.65. The lowest BCUT2D eigenvalue weighted by atomic mass is 10.1. The molecule has 2 N–H and O–H groups in total. The van der Waals surface area contributed by atoms with Gasteiger partial charge in [0.25, 0.3) is 0 Å². The van der Waals surface area contributed by atoms with Gasteiger partial charge in [0.15, 0.2) is 17.5 Å². The van der Waals surface area contributed by atoms with E-state index in [1.54, 1.807) is 14.2 Å². The molecule has 3 rings (SSSR count). The molecule has 6 nitrogen and oxygen atoms in total. The number of nitrogens with one attached hydrogen (secondary N) is 2. The van der Waals surface area contributed by atoms with E-state index in [1.807, 2.05) is 42.5 Å². The predicted molar refractivity (Wildman–Crippen MR) is 94.2 cm³/mol. The fraction of sp³-hybridized carbons (Fsp3) is 0.278. The van der Waals surface area contributed by atoms with Gasteiger partial charge < -0.3 is 24.8 Å². The quantitative estimate of drug-likeness (QED) is 0.799. The van der Waals surface area contributed by atoms with E-state index < -0.39 is 0 Å². The number of hydrogen-bond acceptors (Lipinski definition) is 6. The largest absolute Gasteiger partial charge is 0.497 e. The number of aliphatic imine (C=N–C) groups is 1. The highest BCUT2D eigenvalue weighted by Crippen LogP contribution is 2.26. The van der Waals surface area contributed by atoms with Gasteiger partial charge in [0.05, 0.1) is 27.3 Å².